The van der Waals surface area contributed by atoms with Crippen LogP contribution in [0, 0.1) is 11.8 Å². The van der Waals surface area contributed by atoms with Crippen molar-refractivity contribution < 1.29 is 0 Å². The van der Waals surface area contributed by atoms with Crippen molar-refractivity contribution in [2.75, 3.05) is 13.6 Å². The van der Waals surface area contributed by atoms with Gasteiger partial charge in [0.15, 0.2) is 0 Å². The lowest BCUT2D eigenvalue weighted by molar-refractivity contribution is 0.319. The third kappa shape index (κ3) is 5.24. The molecule has 2 rings (SSSR count). The largest absolute Gasteiger partial charge is 0.320 e. The molecule has 21 heavy (non-hydrogen) atoms. The highest BCUT2D eigenvalue weighted by Crippen LogP contribution is 2.12. The fraction of sp³-hybridized carbons (Fsp3) is 0.222. The van der Waals surface area contributed by atoms with E-state index in [0.717, 1.165) is 23.7 Å². The number of nitrogens with zero attached hydrogens (tertiary/aromatic N) is 1. The molecule has 0 heterocycles. The quantitative estimate of drug-likeness (QED) is 0.878. The number of nitrogens with two attached hydrogens (primary N) is 1. The lowest BCUT2D eigenvalue weighted by atomic mass is 10.1. The summed E-state index contributed by atoms with van der Waals surface area (Å²) in [5, 5.41) is 0.774. The van der Waals surface area contributed by atoms with Crippen molar-refractivity contribution in [3.63, 3.8) is 0 Å². The van der Waals surface area contributed by atoms with Crippen LogP contribution in [-0.2, 0) is 13.1 Å². The van der Waals surface area contributed by atoms with Gasteiger partial charge < -0.3 is 5.73 Å². The smallest absolute Gasteiger partial charge is 0.0555 e. The lowest BCUT2D eigenvalue weighted by Gasteiger charge is -2.17. The monoisotopic (exact) mass is 298 g/mol. The molecule has 2 aromatic rings. The summed E-state index contributed by atoms with van der Waals surface area (Å²) >= 11 is 5.90. The molecule has 0 fully saturated rings. The average molecular weight is 299 g/mol. The lowest BCUT2D eigenvalue weighted by Crippen LogP contribution is -2.17. The number of hydrogen-bond donors (Lipinski definition) is 1. The van der Waals surface area contributed by atoms with E-state index < -0.39 is 0 Å². The van der Waals surface area contributed by atoms with Crippen LogP contribution in [0.4, 0.5) is 0 Å². The van der Waals surface area contributed by atoms with Crippen molar-refractivity contribution in [1.29, 1.82) is 0 Å². The summed E-state index contributed by atoms with van der Waals surface area (Å²) in [5.74, 6) is 5.89. The summed E-state index contributed by atoms with van der Waals surface area (Å²) in [6, 6.07) is 16.3. The molecule has 0 unspecified atom stereocenters. The third-order valence-electron chi connectivity index (χ3n) is 3.11. The first kappa shape index (κ1) is 15.6. The normalized spacial score (nSPS) is 10.3. The predicted octanol–water partition coefficient (Wildman–Crippen LogP) is 3.28. The van der Waals surface area contributed by atoms with Gasteiger partial charge in [-0.25, -0.2) is 0 Å². The van der Waals surface area contributed by atoms with Gasteiger partial charge in [0.1, 0.15) is 0 Å². The van der Waals surface area contributed by atoms with E-state index in [1.54, 1.807) is 0 Å². The van der Waals surface area contributed by atoms with Gasteiger partial charge in [-0.15, -0.1) is 0 Å². The third-order valence-corrected chi connectivity index (χ3v) is 3.36. The molecule has 0 aliphatic carbocycles. The van der Waals surface area contributed by atoms with Gasteiger partial charge in [0.2, 0.25) is 0 Å². The average Bonchev–Trinajstić information content (AvgIpc) is 2.49. The van der Waals surface area contributed by atoms with Crippen molar-refractivity contribution in [3.05, 3.63) is 70.2 Å². The van der Waals surface area contributed by atoms with E-state index in [1.807, 2.05) is 24.3 Å². The van der Waals surface area contributed by atoms with E-state index in [1.165, 1.54) is 11.1 Å². The zero-order valence-electron chi connectivity index (χ0n) is 12.1. The fourth-order valence-electron chi connectivity index (χ4n) is 2.12. The maximum Gasteiger partial charge on any atom is 0.0555 e. The molecule has 2 N–H and O–H groups in total. The maximum atomic E-state index is 5.90. The zero-order valence-corrected chi connectivity index (χ0v) is 12.9. The van der Waals surface area contributed by atoms with Crippen LogP contribution in [0.3, 0.4) is 0 Å². The minimum atomic E-state index is 0.394. The maximum absolute atomic E-state index is 5.90. The molecule has 2 nitrogen and oxygen atoms in total. The summed E-state index contributed by atoms with van der Waals surface area (Å²) in [7, 11) is 2.11. The van der Waals surface area contributed by atoms with Crippen molar-refractivity contribution in [3.8, 4) is 11.8 Å². The number of benzene rings is 2. The van der Waals surface area contributed by atoms with Crippen LogP contribution in [0.25, 0.3) is 0 Å². The minimum absolute atomic E-state index is 0.394. The summed E-state index contributed by atoms with van der Waals surface area (Å²) in [6.07, 6.45) is 0. The Morgan fingerprint density at radius 1 is 0.952 bits per heavy atom. The van der Waals surface area contributed by atoms with Crippen LogP contribution in [0.5, 0.6) is 0 Å². The molecule has 0 atom stereocenters. The van der Waals surface area contributed by atoms with Crippen molar-refractivity contribution in [2.24, 2.45) is 5.73 Å². The number of halogens is 1. The number of hydrogen-bond acceptors (Lipinski definition) is 2. The van der Waals surface area contributed by atoms with Gasteiger partial charge in [-0.05, 0) is 42.4 Å². The molecular formula is C18H19ClN2. The first-order valence-corrected chi connectivity index (χ1v) is 7.26. The standard InChI is InChI=1S/C18H19ClN2/c1-21(14-17-8-10-18(19)11-9-17)13-16-6-4-15(5-7-16)3-2-12-20/h4-11H,12-14,20H2,1H3. The van der Waals surface area contributed by atoms with Crippen LogP contribution in [0.2, 0.25) is 5.02 Å². The molecule has 108 valence electrons. The Morgan fingerprint density at radius 2 is 1.48 bits per heavy atom. The van der Waals surface area contributed by atoms with Gasteiger partial charge in [0.05, 0.1) is 6.54 Å². The first-order valence-electron chi connectivity index (χ1n) is 6.88. The molecule has 0 spiro atoms. The second-order valence-electron chi connectivity index (χ2n) is 5.00. The van der Waals surface area contributed by atoms with Crippen LogP contribution < -0.4 is 5.73 Å². The van der Waals surface area contributed by atoms with E-state index in [9.17, 15) is 0 Å². The summed E-state index contributed by atoms with van der Waals surface area (Å²) in [6.45, 7) is 2.19. The van der Waals surface area contributed by atoms with E-state index in [0.29, 0.717) is 6.54 Å². The van der Waals surface area contributed by atoms with Crippen molar-refractivity contribution in [2.45, 2.75) is 13.1 Å². The molecule has 0 amide bonds. The Bertz CT molecular complexity index is 621. The summed E-state index contributed by atoms with van der Waals surface area (Å²) in [5.41, 5.74) is 8.90. The van der Waals surface area contributed by atoms with Gasteiger partial charge >= 0.3 is 0 Å². The molecule has 3 heteroatoms. The van der Waals surface area contributed by atoms with E-state index in [4.69, 9.17) is 17.3 Å². The van der Waals surface area contributed by atoms with Crippen LogP contribution >= 0.6 is 11.6 Å². The van der Waals surface area contributed by atoms with E-state index >= 15 is 0 Å². The van der Waals surface area contributed by atoms with Crippen LogP contribution in [-0.4, -0.2) is 18.5 Å². The highest BCUT2D eigenvalue weighted by atomic mass is 35.5. The molecule has 0 saturated heterocycles. The molecule has 2 aromatic carbocycles. The van der Waals surface area contributed by atoms with Gasteiger partial charge in [-0.3, -0.25) is 4.90 Å². The fourth-order valence-corrected chi connectivity index (χ4v) is 2.24. The Morgan fingerprint density at radius 3 is 2.00 bits per heavy atom. The molecule has 0 aromatic heterocycles. The zero-order chi connectivity index (χ0) is 15.1. The van der Waals surface area contributed by atoms with Crippen LogP contribution in [0.15, 0.2) is 48.5 Å². The van der Waals surface area contributed by atoms with Crippen molar-refractivity contribution >= 4 is 11.6 Å². The first-order chi connectivity index (χ1) is 10.2. The Balaban J connectivity index is 1.93. The van der Waals surface area contributed by atoms with E-state index in [-0.39, 0.29) is 0 Å². The van der Waals surface area contributed by atoms with Crippen LogP contribution in [0.1, 0.15) is 16.7 Å². The second kappa shape index (κ2) is 7.85. The summed E-state index contributed by atoms with van der Waals surface area (Å²) < 4.78 is 0. The molecular weight excluding hydrogens is 280 g/mol. The Kier molecular flexibility index (Phi) is 5.83. The summed E-state index contributed by atoms with van der Waals surface area (Å²) in [4.78, 5) is 2.27. The van der Waals surface area contributed by atoms with Gasteiger partial charge in [-0.1, -0.05) is 47.7 Å². The van der Waals surface area contributed by atoms with Crippen molar-refractivity contribution in [1.82, 2.24) is 4.90 Å². The molecule has 0 aliphatic rings. The molecule has 0 bridgehead atoms. The molecule has 0 saturated carbocycles. The Labute approximate surface area is 131 Å². The molecule has 0 aliphatic heterocycles. The van der Waals surface area contributed by atoms with Gasteiger partial charge in [-0.2, -0.15) is 0 Å². The highest BCUT2D eigenvalue weighted by molar-refractivity contribution is 6.30. The minimum Gasteiger partial charge on any atom is -0.320 e. The predicted molar refractivity (Wildman–Crippen MR) is 89.0 cm³/mol. The topological polar surface area (TPSA) is 29.3 Å². The number of rotatable bonds is 4. The SMILES string of the molecule is CN(Cc1ccc(Cl)cc1)Cc1ccc(C#CCN)cc1. The van der Waals surface area contributed by atoms with Gasteiger partial charge in [0.25, 0.3) is 0 Å². The second-order valence-corrected chi connectivity index (χ2v) is 5.44. The highest BCUT2D eigenvalue weighted by Gasteiger charge is 2.02. The van der Waals surface area contributed by atoms with Gasteiger partial charge in [0, 0.05) is 23.7 Å². The Hall–Kier alpha value is -1.79. The molecule has 0 radical (unpaired) electrons. The van der Waals surface area contributed by atoms with E-state index in [2.05, 4.69) is 48.1 Å².